The molecule has 0 saturated heterocycles. The van der Waals surface area contributed by atoms with Crippen LogP contribution in [0.5, 0.6) is 0 Å². The average Bonchev–Trinajstić information content (AvgIpc) is 3.10. The monoisotopic (exact) mass is 268 g/mol. The van der Waals surface area contributed by atoms with Crippen LogP contribution >= 0.6 is 15.9 Å². The van der Waals surface area contributed by atoms with Crippen LogP contribution in [0.4, 0.5) is 0 Å². The highest BCUT2D eigenvalue weighted by atomic mass is 79.9. The molecule has 1 aliphatic carbocycles. The molecule has 1 unspecified atom stereocenters. The molecule has 1 aromatic rings. The molecule has 1 saturated carbocycles. The number of rotatable bonds is 6. The minimum atomic E-state index is 0.213. The number of ether oxygens (including phenoxy) is 1. The highest BCUT2D eigenvalue weighted by Gasteiger charge is 2.21. The van der Waals surface area contributed by atoms with E-state index in [1.165, 1.54) is 24.8 Å². The fraction of sp³-hybridized carbons (Fsp3) is 0.538. The zero-order valence-corrected chi connectivity index (χ0v) is 10.4. The molecular formula is C13H17BrO. The second-order valence-electron chi connectivity index (χ2n) is 4.16. The Labute approximate surface area is 100.0 Å². The fourth-order valence-electron chi connectivity index (χ4n) is 1.68. The quantitative estimate of drug-likeness (QED) is 0.711. The Balaban J connectivity index is 1.80. The standard InChI is InChI=1S/C13H17BrO/c14-10-13(12-4-2-1-3-5-12)15-9-8-11-6-7-11/h1-5,11,13H,6-10H2. The molecule has 2 heteroatoms. The summed E-state index contributed by atoms with van der Waals surface area (Å²) in [5, 5.41) is 0.877. The zero-order chi connectivity index (χ0) is 10.5. The van der Waals surface area contributed by atoms with Crippen molar-refractivity contribution < 1.29 is 4.74 Å². The molecule has 1 aliphatic rings. The first kappa shape index (κ1) is 11.2. The van der Waals surface area contributed by atoms with Gasteiger partial charge in [-0.15, -0.1) is 0 Å². The first-order valence-corrected chi connectivity index (χ1v) is 6.75. The Hall–Kier alpha value is -0.340. The van der Waals surface area contributed by atoms with E-state index in [2.05, 4.69) is 40.2 Å². The van der Waals surface area contributed by atoms with Crippen LogP contribution in [0.3, 0.4) is 0 Å². The van der Waals surface area contributed by atoms with Crippen LogP contribution in [0.1, 0.15) is 30.9 Å². The van der Waals surface area contributed by atoms with Gasteiger partial charge in [0.2, 0.25) is 0 Å². The number of benzene rings is 1. The summed E-state index contributed by atoms with van der Waals surface area (Å²) in [5.41, 5.74) is 1.27. The molecule has 1 nitrogen and oxygen atoms in total. The molecule has 82 valence electrons. The Kier molecular flexibility index (Phi) is 4.21. The van der Waals surface area contributed by atoms with Crippen molar-refractivity contribution in [1.29, 1.82) is 0 Å². The van der Waals surface area contributed by atoms with Crippen molar-refractivity contribution in [1.82, 2.24) is 0 Å². The van der Waals surface area contributed by atoms with Crippen LogP contribution in [-0.2, 0) is 4.74 Å². The molecule has 0 N–H and O–H groups in total. The fourth-order valence-corrected chi connectivity index (χ4v) is 2.24. The zero-order valence-electron chi connectivity index (χ0n) is 8.86. The van der Waals surface area contributed by atoms with E-state index in [-0.39, 0.29) is 6.10 Å². The van der Waals surface area contributed by atoms with Gasteiger partial charge in [-0.25, -0.2) is 0 Å². The lowest BCUT2D eigenvalue weighted by molar-refractivity contribution is 0.0654. The third-order valence-corrected chi connectivity index (χ3v) is 3.44. The van der Waals surface area contributed by atoms with Gasteiger partial charge in [0.25, 0.3) is 0 Å². The molecule has 1 atom stereocenters. The molecule has 2 rings (SSSR count). The Morgan fingerprint density at radius 3 is 2.60 bits per heavy atom. The topological polar surface area (TPSA) is 9.23 Å². The van der Waals surface area contributed by atoms with Crippen LogP contribution in [0.25, 0.3) is 0 Å². The van der Waals surface area contributed by atoms with E-state index < -0.39 is 0 Å². The molecule has 1 aromatic carbocycles. The predicted molar refractivity (Wildman–Crippen MR) is 66.3 cm³/mol. The Bertz CT molecular complexity index is 282. The van der Waals surface area contributed by atoms with Crippen LogP contribution < -0.4 is 0 Å². The lowest BCUT2D eigenvalue weighted by Gasteiger charge is -2.15. The molecule has 0 aromatic heterocycles. The summed E-state index contributed by atoms with van der Waals surface area (Å²) in [4.78, 5) is 0. The van der Waals surface area contributed by atoms with E-state index in [1.807, 2.05) is 6.07 Å². The van der Waals surface area contributed by atoms with Crippen LogP contribution in [0, 0.1) is 5.92 Å². The van der Waals surface area contributed by atoms with E-state index in [1.54, 1.807) is 0 Å². The van der Waals surface area contributed by atoms with Gasteiger partial charge in [-0.1, -0.05) is 59.1 Å². The van der Waals surface area contributed by atoms with Crippen molar-refractivity contribution >= 4 is 15.9 Å². The molecule has 15 heavy (non-hydrogen) atoms. The second kappa shape index (κ2) is 5.66. The van der Waals surface area contributed by atoms with Gasteiger partial charge < -0.3 is 4.74 Å². The Morgan fingerprint density at radius 1 is 1.27 bits per heavy atom. The smallest absolute Gasteiger partial charge is 0.0921 e. The maximum absolute atomic E-state index is 5.88. The van der Waals surface area contributed by atoms with Crippen molar-refractivity contribution in [3.63, 3.8) is 0 Å². The van der Waals surface area contributed by atoms with E-state index in [0.717, 1.165) is 17.9 Å². The normalized spacial score (nSPS) is 17.7. The van der Waals surface area contributed by atoms with Gasteiger partial charge >= 0.3 is 0 Å². The van der Waals surface area contributed by atoms with Crippen LogP contribution in [-0.4, -0.2) is 11.9 Å². The van der Waals surface area contributed by atoms with E-state index >= 15 is 0 Å². The van der Waals surface area contributed by atoms with Gasteiger partial charge in [0.15, 0.2) is 0 Å². The maximum Gasteiger partial charge on any atom is 0.0921 e. The third-order valence-electron chi connectivity index (χ3n) is 2.85. The lowest BCUT2D eigenvalue weighted by Crippen LogP contribution is -2.07. The number of hydrogen-bond acceptors (Lipinski definition) is 1. The van der Waals surface area contributed by atoms with Crippen LogP contribution in [0.15, 0.2) is 30.3 Å². The van der Waals surface area contributed by atoms with Crippen LogP contribution in [0.2, 0.25) is 0 Å². The molecule has 0 aliphatic heterocycles. The van der Waals surface area contributed by atoms with Crippen molar-refractivity contribution in [2.24, 2.45) is 5.92 Å². The van der Waals surface area contributed by atoms with Gasteiger partial charge in [-0.05, 0) is 17.9 Å². The molecule has 0 bridgehead atoms. The first-order valence-electron chi connectivity index (χ1n) is 5.62. The average molecular weight is 269 g/mol. The molecule has 0 amide bonds. The van der Waals surface area contributed by atoms with Gasteiger partial charge in [0.05, 0.1) is 6.10 Å². The highest BCUT2D eigenvalue weighted by Crippen LogP contribution is 2.33. The first-order chi connectivity index (χ1) is 7.40. The highest BCUT2D eigenvalue weighted by molar-refractivity contribution is 9.09. The summed E-state index contributed by atoms with van der Waals surface area (Å²) < 4.78 is 5.88. The summed E-state index contributed by atoms with van der Waals surface area (Å²) in [6, 6.07) is 10.4. The summed E-state index contributed by atoms with van der Waals surface area (Å²) in [5.74, 6) is 0.955. The molecular weight excluding hydrogens is 252 g/mol. The minimum Gasteiger partial charge on any atom is -0.373 e. The molecule has 0 radical (unpaired) electrons. The van der Waals surface area contributed by atoms with E-state index in [9.17, 15) is 0 Å². The molecule has 0 spiro atoms. The van der Waals surface area contributed by atoms with Gasteiger partial charge in [-0.2, -0.15) is 0 Å². The lowest BCUT2D eigenvalue weighted by atomic mass is 10.1. The van der Waals surface area contributed by atoms with E-state index in [4.69, 9.17) is 4.74 Å². The SMILES string of the molecule is BrCC(OCCC1CC1)c1ccccc1. The Morgan fingerprint density at radius 2 is 2.00 bits per heavy atom. The maximum atomic E-state index is 5.88. The third kappa shape index (κ3) is 3.62. The summed E-state index contributed by atoms with van der Waals surface area (Å²) >= 11 is 3.51. The number of halogens is 1. The molecule has 0 heterocycles. The predicted octanol–water partition coefficient (Wildman–Crippen LogP) is 3.94. The number of alkyl halides is 1. The van der Waals surface area contributed by atoms with Crippen molar-refractivity contribution in [3.05, 3.63) is 35.9 Å². The van der Waals surface area contributed by atoms with Gasteiger partial charge in [0, 0.05) is 11.9 Å². The van der Waals surface area contributed by atoms with Crippen molar-refractivity contribution in [2.75, 3.05) is 11.9 Å². The van der Waals surface area contributed by atoms with Crippen molar-refractivity contribution in [3.8, 4) is 0 Å². The van der Waals surface area contributed by atoms with Gasteiger partial charge in [-0.3, -0.25) is 0 Å². The minimum absolute atomic E-state index is 0.213. The summed E-state index contributed by atoms with van der Waals surface area (Å²) in [6.07, 6.45) is 4.27. The summed E-state index contributed by atoms with van der Waals surface area (Å²) in [6.45, 7) is 0.899. The largest absolute Gasteiger partial charge is 0.373 e. The number of hydrogen-bond donors (Lipinski definition) is 0. The summed E-state index contributed by atoms with van der Waals surface area (Å²) in [7, 11) is 0. The van der Waals surface area contributed by atoms with E-state index in [0.29, 0.717) is 0 Å². The van der Waals surface area contributed by atoms with Crippen molar-refractivity contribution in [2.45, 2.75) is 25.4 Å². The van der Waals surface area contributed by atoms with Gasteiger partial charge in [0.1, 0.15) is 0 Å². The second-order valence-corrected chi connectivity index (χ2v) is 4.80. The molecule has 1 fully saturated rings.